The summed E-state index contributed by atoms with van der Waals surface area (Å²) in [5.74, 6) is 0.801. The number of benzene rings is 1. The lowest BCUT2D eigenvalue weighted by Gasteiger charge is -2.26. The number of nitrogens with one attached hydrogen (secondary N) is 1. The Kier molecular flexibility index (Phi) is 6.02. The number of likely N-dealkylation sites (tertiary alicyclic amines) is 1. The van der Waals surface area contributed by atoms with Gasteiger partial charge in [-0.25, -0.2) is 10.2 Å². The average Bonchev–Trinajstić information content (AvgIpc) is 2.48. The molecule has 1 aliphatic rings. The van der Waals surface area contributed by atoms with Gasteiger partial charge in [0, 0.05) is 6.54 Å². The van der Waals surface area contributed by atoms with Crippen molar-refractivity contribution in [3.05, 3.63) is 29.8 Å². The molecule has 2 rings (SSSR count). The molecule has 3 N–H and O–H groups in total. The minimum Gasteiger partial charge on any atom is -0.492 e. The zero-order chi connectivity index (χ0) is 14.9. The van der Waals surface area contributed by atoms with E-state index in [9.17, 15) is 4.79 Å². The normalized spacial score (nSPS) is 16.0. The molecule has 0 aromatic heterocycles. The largest absolute Gasteiger partial charge is 0.492 e. The number of nitrogens with two attached hydrogens (primary N) is 1. The van der Waals surface area contributed by atoms with Gasteiger partial charge in [0.25, 0.3) is 0 Å². The van der Waals surface area contributed by atoms with Crippen LogP contribution in [0.4, 0.5) is 4.79 Å². The van der Waals surface area contributed by atoms with Crippen LogP contribution in [0.1, 0.15) is 24.8 Å². The number of hydrazone groups is 1. The van der Waals surface area contributed by atoms with E-state index in [2.05, 4.69) is 15.4 Å². The summed E-state index contributed by atoms with van der Waals surface area (Å²) in [6.07, 6.45) is 5.46. The van der Waals surface area contributed by atoms with Gasteiger partial charge in [-0.3, -0.25) is 4.90 Å². The molecule has 6 heteroatoms. The number of nitrogens with zero attached hydrogens (tertiary/aromatic N) is 2. The van der Waals surface area contributed by atoms with E-state index >= 15 is 0 Å². The van der Waals surface area contributed by atoms with Crippen LogP contribution < -0.4 is 15.9 Å². The highest BCUT2D eigenvalue weighted by molar-refractivity contribution is 5.81. The third-order valence-electron chi connectivity index (χ3n) is 3.37. The highest BCUT2D eigenvalue weighted by Gasteiger charge is 2.09. The second-order valence-corrected chi connectivity index (χ2v) is 5.06. The maximum Gasteiger partial charge on any atom is 0.332 e. The van der Waals surface area contributed by atoms with Gasteiger partial charge in [-0.2, -0.15) is 5.10 Å². The smallest absolute Gasteiger partial charge is 0.332 e. The summed E-state index contributed by atoms with van der Waals surface area (Å²) in [6, 6.07) is 6.88. The number of urea groups is 1. The standard InChI is InChI=1S/C15H22N4O2/c16-15(20)18-17-12-13-5-4-6-14(11-13)21-10-9-19-7-2-1-3-8-19/h4-6,11-12H,1-3,7-10H2,(H3,16,18,20). The first-order valence-corrected chi connectivity index (χ1v) is 7.28. The van der Waals surface area contributed by atoms with Crippen LogP contribution in [0.2, 0.25) is 0 Å². The molecule has 1 aromatic carbocycles. The monoisotopic (exact) mass is 290 g/mol. The van der Waals surface area contributed by atoms with Crippen LogP contribution in [0.5, 0.6) is 5.75 Å². The van der Waals surface area contributed by atoms with Gasteiger partial charge in [-0.15, -0.1) is 0 Å². The fraction of sp³-hybridized carbons (Fsp3) is 0.467. The molecule has 0 aliphatic carbocycles. The molecule has 0 spiro atoms. The van der Waals surface area contributed by atoms with Crippen molar-refractivity contribution in [2.75, 3.05) is 26.2 Å². The van der Waals surface area contributed by atoms with E-state index in [1.165, 1.54) is 38.6 Å². The number of ether oxygens (including phenoxy) is 1. The van der Waals surface area contributed by atoms with Crippen LogP contribution in [-0.2, 0) is 0 Å². The Morgan fingerprint density at radius 3 is 2.95 bits per heavy atom. The predicted octanol–water partition coefficient (Wildman–Crippen LogP) is 1.55. The van der Waals surface area contributed by atoms with Crippen molar-refractivity contribution >= 4 is 12.2 Å². The van der Waals surface area contributed by atoms with Gasteiger partial charge in [-0.1, -0.05) is 18.6 Å². The second kappa shape index (κ2) is 8.26. The highest BCUT2D eigenvalue weighted by Crippen LogP contribution is 2.13. The molecule has 1 heterocycles. The molecule has 114 valence electrons. The van der Waals surface area contributed by atoms with E-state index < -0.39 is 6.03 Å². The Labute approximate surface area is 125 Å². The molecule has 21 heavy (non-hydrogen) atoms. The van der Waals surface area contributed by atoms with Crippen LogP contribution >= 0.6 is 0 Å². The first-order chi connectivity index (χ1) is 10.2. The van der Waals surface area contributed by atoms with Crippen molar-refractivity contribution in [1.82, 2.24) is 10.3 Å². The van der Waals surface area contributed by atoms with Crippen LogP contribution in [0.3, 0.4) is 0 Å². The third kappa shape index (κ3) is 5.83. The van der Waals surface area contributed by atoms with E-state index in [1.807, 2.05) is 24.3 Å². The van der Waals surface area contributed by atoms with Gasteiger partial charge in [0.2, 0.25) is 0 Å². The van der Waals surface area contributed by atoms with Crippen molar-refractivity contribution in [2.24, 2.45) is 10.8 Å². The summed E-state index contributed by atoms with van der Waals surface area (Å²) in [4.78, 5) is 13.0. The van der Waals surface area contributed by atoms with Crippen molar-refractivity contribution < 1.29 is 9.53 Å². The van der Waals surface area contributed by atoms with Gasteiger partial charge >= 0.3 is 6.03 Å². The lowest BCUT2D eigenvalue weighted by molar-refractivity contribution is 0.183. The predicted molar refractivity (Wildman–Crippen MR) is 82.5 cm³/mol. The van der Waals surface area contributed by atoms with Gasteiger partial charge in [0.05, 0.1) is 6.21 Å². The first-order valence-electron chi connectivity index (χ1n) is 7.28. The molecule has 1 aliphatic heterocycles. The quantitative estimate of drug-likeness (QED) is 0.616. The molecular formula is C15H22N4O2. The van der Waals surface area contributed by atoms with Crippen molar-refractivity contribution in [3.63, 3.8) is 0 Å². The Balaban J connectivity index is 1.77. The maximum atomic E-state index is 10.5. The zero-order valence-corrected chi connectivity index (χ0v) is 12.1. The number of hydrogen-bond acceptors (Lipinski definition) is 4. The first kappa shape index (κ1) is 15.3. The number of rotatable bonds is 6. The summed E-state index contributed by atoms with van der Waals surface area (Å²) < 4.78 is 5.76. The fourth-order valence-electron chi connectivity index (χ4n) is 2.33. The van der Waals surface area contributed by atoms with Crippen LogP contribution in [0.25, 0.3) is 0 Å². The van der Waals surface area contributed by atoms with E-state index in [-0.39, 0.29) is 0 Å². The number of carbonyl (C=O) groups excluding carboxylic acids is 1. The molecule has 1 fully saturated rings. The molecule has 1 saturated heterocycles. The minimum atomic E-state index is -0.680. The molecule has 6 nitrogen and oxygen atoms in total. The Hall–Kier alpha value is -2.08. The van der Waals surface area contributed by atoms with E-state index in [1.54, 1.807) is 0 Å². The number of hydrogen-bond donors (Lipinski definition) is 2. The summed E-state index contributed by atoms with van der Waals surface area (Å²) in [5, 5.41) is 3.72. The summed E-state index contributed by atoms with van der Waals surface area (Å²) >= 11 is 0. The highest BCUT2D eigenvalue weighted by atomic mass is 16.5. The number of piperidine rings is 1. The molecular weight excluding hydrogens is 268 g/mol. The summed E-state index contributed by atoms with van der Waals surface area (Å²) in [6.45, 7) is 3.99. The van der Waals surface area contributed by atoms with E-state index in [0.717, 1.165) is 17.9 Å². The zero-order valence-electron chi connectivity index (χ0n) is 12.1. The Morgan fingerprint density at radius 1 is 1.38 bits per heavy atom. The molecule has 2 amide bonds. The third-order valence-corrected chi connectivity index (χ3v) is 3.37. The molecule has 0 unspecified atom stereocenters. The lowest BCUT2D eigenvalue weighted by Crippen LogP contribution is -2.33. The summed E-state index contributed by atoms with van der Waals surface area (Å²) in [7, 11) is 0. The number of amides is 2. The SMILES string of the molecule is NC(=O)NN=Cc1cccc(OCCN2CCCCC2)c1. The molecule has 0 atom stereocenters. The van der Waals surface area contributed by atoms with E-state index in [0.29, 0.717) is 6.61 Å². The Morgan fingerprint density at radius 2 is 2.19 bits per heavy atom. The van der Waals surface area contributed by atoms with Gasteiger partial charge in [-0.05, 0) is 43.6 Å². The van der Waals surface area contributed by atoms with Gasteiger partial charge < -0.3 is 10.5 Å². The second-order valence-electron chi connectivity index (χ2n) is 5.06. The van der Waals surface area contributed by atoms with Crippen LogP contribution in [0, 0.1) is 0 Å². The minimum absolute atomic E-state index is 0.680. The van der Waals surface area contributed by atoms with Crippen LogP contribution in [0.15, 0.2) is 29.4 Å². The topological polar surface area (TPSA) is 80.0 Å². The van der Waals surface area contributed by atoms with Crippen molar-refractivity contribution in [2.45, 2.75) is 19.3 Å². The van der Waals surface area contributed by atoms with E-state index in [4.69, 9.17) is 10.5 Å². The summed E-state index contributed by atoms with van der Waals surface area (Å²) in [5.41, 5.74) is 7.94. The fourth-order valence-corrected chi connectivity index (χ4v) is 2.33. The molecule has 0 bridgehead atoms. The van der Waals surface area contributed by atoms with Crippen molar-refractivity contribution in [1.29, 1.82) is 0 Å². The number of primary amides is 1. The average molecular weight is 290 g/mol. The number of carbonyl (C=O) groups is 1. The Bertz CT molecular complexity index is 484. The maximum absolute atomic E-state index is 10.5. The van der Waals surface area contributed by atoms with Gasteiger partial charge in [0.1, 0.15) is 12.4 Å². The van der Waals surface area contributed by atoms with Crippen LogP contribution in [-0.4, -0.2) is 43.4 Å². The molecule has 0 radical (unpaired) electrons. The van der Waals surface area contributed by atoms with Gasteiger partial charge in [0.15, 0.2) is 0 Å². The molecule has 1 aromatic rings. The van der Waals surface area contributed by atoms with Crippen molar-refractivity contribution in [3.8, 4) is 5.75 Å². The molecule has 0 saturated carbocycles. The lowest BCUT2D eigenvalue weighted by atomic mass is 10.1.